The summed E-state index contributed by atoms with van der Waals surface area (Å²) in [6.07, 6.45) is 0. The number of hydrogen-bond donors (Lipinski definition) is 1. The average Bonchev–Trinajstić information content (AvgIpc) is 3.14. The molecule has 5 rings (SSSR count). The number of nitrogens with zero attached hydrogens (tertiary/aromatic N) is 2. The first-order valence-corrected chi connectivity index (χ1v) is 10.4. The van der Waals surface area contributed by atoms with Crippen molar-refractivity contribution in [1.29, 1.82) is 0 Å². The summed E-state index contributed by atoms with van der Waals surface area (Å²) in [5.41, 5.74) is 2.58. The van der Waals surface area contributed by atoms with Crippen molar-refractivity contribution in [2.75, 3.05) is 26.2 Å². The van der Waals surface area contributed by atoms with Crippen LogP contribution in [0.25, 0.3) is 31.8 Å². The number of aromatic nitrogens is 1. The van der Waals surface area contributed by atoms with Gasteiger partial charge in [-0.2, -0.15) is 0 Å². The molecule has 0 unspecified atom stereocenters. The zero-order valence-corrected chi connectivity index (χ0v) is 16.6. The molecule has 1 aliphatic rings. The molecule has 0 radical (unpaired) electrons. The number of thiazole rings is 1. The molecule has 0 bridgehead atoms. The standard InChI is InChI=1S/C21H18ClN3O2S/c22-16-2-1-3-18-19(16)24-20(28-18)15-11-14-5-4-13(10-17(14)27-21(15)26)12-25-8-6-23-7-9-25/h1-5,10-11,23H,6-9,12H2. The fourth-order valence-electron chi connectivity index (χ4n) is 3.56. The van der Waals surface area contributed by atoms with E-state index in [0.717, 1.165) is 53.9 Å². The van der Waals surface area contributed by atoms with Crippen LogP contribution in [0, 0.1) is 0 Å². The van der Waals surface area contributed by atoms with E-state index in [1.165, 1.54) is 11.3 Å². The Kier molecular flexibility index (Phi) is 4.64. The maximum atomic E-state index is 12.6. The van der Waals surface area contributed by atoms with E-state index in [2.05, 4.69) is 21.3 Å². The zero-order chi connectivity index (χ0) is 19.1. The van der Waals surface area contributed by atoms with E-state index in [1.54, 1.807) is 6.07 Å². The van der Waals surface area contributed by atoms with Crippen molar-refractivity contribution in [2.45, 2.75) is 6.54 Å². The molecule has 0 atom stereocenters. The van der Waals surface area contributed by atoms with Gasteiger partial charge >= 0.3 is 5.63 Å². The third-order valence-corrected chi connectivity index (χ3v) is 6.38. The van der Waals surface area contributed by atoms with Gasteiger partial charge in [-0.1, -0.05) is 29.8 Å². The minimum atomic E-state index is -0.373. The second kappa shape index (κ2) is 7.29. The van der Waals surface area contributed by atoms with Crippen molar-refractivity contribution in [2.24, 2.45) is 0 Å². The molecule has 28 heavy (non-hydrogen) atoms. The average molecular weight is 412 g/mol. The van der Waals surface area contributed by atoms with Gasteiger partial charge in [-0.3, -0.25) is 4.90 Å². The van der Waals surface area contributed by atoms with E-state index < -0.39 is 0 Å². The summed E-state index contributed by atoms with van der Waals surface area (Å²) in [6.45, 7) is 4.94. The maximum Gasteiger partial charge on any atom is 0.346 e. The third kappa shape index (κ3) is 3.33. The Bertz CT molecular complexity index is 1230. The number of hydrogen-bond acceptors (Lipinski definition) is 6. The Morgan fingerprint density at radius 2 is 2.04 bits per heavy atom. The predicted molar refractivity (Wildman–Crippen MR) is 114 cm³/mol. The van der Waals surface area contributed by atoms with E-state index in [0.29, 0.717) is 21.2 Å². The molecule has 3 heterocycles. The highest BCUT2D eigenvalue weighted by atomic mass is 35.5. The van der Waals surface area contributed by atoms with Gasteiger partial charge in [-0.05, 0) is 29.8 Å². The van der Waals surface area contributed by atoms with E-state index in [4.69, 9.17) is 16.0 Å². The number of rotatable bonds is 3. The zero-order valence-electron chi connectivity index (χ0n) is 15.1. The number of benzene rings is 2. The van der Waals surface area contributed by atoms with Crippen molar-refractivity contribution in [3.8, 4) is 10.6 Å². The van der Waals surface area contributed by atoms with Crippen LogP contribution >= 0.6 is 22.9 Å². The van der Waals surface area contributed by atoms with Gasteiger partial charge in [0.15, 0.2) is 0 Å². The molecule has 142 valence electrons. The van der Waals surface area contributed by atoms with Crippen LogP contribution in [0.2, 0.25) is 5.02 Å². The maximum absolute atomic E-state index is 12.6. The summed E-state index contributed by atoms with van der Waals surface area (Å²) < 4.78 is 6.60. The lowest BCUT2D eigenvalue weighted by Crippen LogP contribution is -2.42. The van der Waals surface area contributed by atoms with E-state index >= 15 is 0 Å². The molecule has 1 N–H and O–H groups in total. The van der Waals surface area contributed by atoms with Crippen molar-refractivity contribution >= 4 is 44.1 Å². The number of halogens is 1. The Labute approximate surface area is 170 Å². The fraction of sp³-hybridized carbons (Fsp3) is 0.238. The Hall–Kier alpha value is -2.25. The molecule has 0 aliphatic carbocycles. The molecule has 7 heteroatoms. The van der Waals surface area contributed by atoms with Gasteiger partial charge in [-0.15, -0.1) is 11.3 Å². The molecule has 5 nitrogen and oxygen atoms in total. The second-order valence-electron chi connectivity index (χ2n) is 6.95. The summed E-state index contributed by atoms with van der Waals surface area (Å²) in [6, 6.07) is 13.6. The first kappa shape index (κ1) is 17.8. The largest absolute Gasteiger partial charge is 0.422 e. The van der Waals surface area contributed by atoms with E-state index in [1.807, 2.05) is 30.3 Å². The van der Waals surface area contributed by atoms with Crippen LogP contribution in [0.4, 0.5) is 0 Å². The summed E-state index contributed by atoms with van der Waals surface area (Å²) in [5.74, 6) is 0. The van der Waals surface area contributed by atoms with Gasteiger partial charge in [0.05, 0.1) is 15.3 Å². The van der Waals surface area contributed by atoms with Crippen LogP contribution < -0.4 is 10.9 Å². The molecule has 1 aliphatic heterocycles. The second-order valence-corrected chi connectivity index (χ2v) is 8.39. The van der Waals surface area contributed by atoms with Gasteiger partial charge in [0, 0.05) is 38.1 Å². The highest BCUT2D eigenvalue weighted by Gasteiger charge is 2.15. The predicted octanol–water partition coefficient (Wildman–Crippen LogP) is 4.13. The SMILES string of the molecule is O=c1oc2cc(CN3CCNCC3)ccc2cc1-c1nc2c(Cl)cccc2s1. The Morgan fingerprint density at radius 3 is 2.86 bits per heavy atom. The highest BCUT2D eigenvalue weighted by molar-refractivity contribution is 7.21. The van der Waals surface area contributed by atoms with Crippen LogP contribution in [0.1, 0.15) is 5.56 Å². The molecule has 1 saturated heterocycles. The van der Waals surface area contributed by atoms with Gasteiger partial charge < -0.3 is 9.73 Å². The van der Waals surface area contributed by atoms with Crippen molar-refractivity contribution < 1.29 is 4.42 Å². The van der Waals surface area contributed by atoms with Crippen molar-refractivity contribution in [3.63, 3.8) is 0 Å². The lowest BCUT2D eigenvalue weighted by molar-refractivity contribution is 0.233. The van der Waals surface area contributed by atoms with E-state index in [9.17, 15) is 4.79 Å². The minimum absolute atomic E-state index is 0.373. The van der Waals surface area contributed by atoms with Crippen LogP contribution in [0.5, 0.6) is 0 Å². The lowest BCUT2D eigenvalue weighted by Gasteiger charge is -2.27. The monoisotopic (exact) mass is 411 g/mol. The molecule has 1 fully saturated rings. The fourth-order valence-corrected chi connectivity index (χ4v) is 4.83. The molecular weight excluding hydrogens is 394 g/mol. The molecule has 4 aromatic rings. The van der Waals surface area contributed by atoms with Gasteiger partial charge in [-0.25, -0.2) is 9.78 Å². The minimum Gasteiger partial charge on any atom is -0.422 e. The number of piperazine rings is 1. The Balaban J connectivity index is 1.52. The number of para-hydroxylation sites is 1. The van der Waals surface area contributed by atoms with Crippen LogP contribution in [0.3, 0.4) is 0 Å². The third-order valence-electron chi connectivity index (χ3n) is 5.02. The molecule has 0 amide bonds. The highest BCUT2D eigenvalue weighted by Crippen LogP contribution is 2.33. The summed E-state index contributed by atoms with van der Waals surface area (Å²) >= 11 is 7.67. The molecular formula is C21H18ClN3O2S. The van der Waals surface area contributed by atoms with Gasteiger partial charge in [0.25, 0.3) is 0 Å². The molecule has 2 aromatic carbocycles. The van der Waals surface area contributed by atoms with Crippen LogP contribution in [0.15, 0.2) is 51.7 Å². The normalized spacial score (nSPS) is 15.5. The number of fused-ring (bicyclic) bond motifs is 2. The van der Waals surface area contributed by atoms with Crippen molar-refractivity contribution in [1.82, 2.24) is 15.2 Å². The lowest BCUT2D eigenvalue weighted by atomic mass is 10.1. The van der Waals surface area contributed by atoms with Gasteiger partial charge in [0.2, 0.25) is 0 Å². The first-order chi connectivity index (χ1) is 13.7. The number of nitrogens with one attached hydrogen (secondary N) is 1. The van der Waals surface area contributed by atoms with Crippen LogP contribution in [-0.4, -0.2) is 36.1 Å². The Morgan fingerprint density at radius 1 is 1.18 bits per heavy atom. The summed E-state index contributed by atoms with van der Waals surface area (Å²) in [5, 5.41) is 5.46. The van der Waals surface area contributed by atoms with Crippen LogP contribution in [-0.2, 0) is 6.54 Å². The van der Waals surface area contributed by atoms with E-state index in [-0.39, 0.29) is 5.63 Å². The first-order valence-electron chi connectivity index (χ1n) is 9.23. The smallest absolute Gasteiger partial charge is 0.346 e. The quantitative estimate of drug-likeness (QED) is 0.514. The van der Waals surface area contributed by atoms with Gasteiger partial charge in [0.1, 0.15) is 16.1 Å². The summed E-state index contributed by atoms with van der Waals surface area (Å²) in [4.78, 5) is 19.6. The molecule has 2 aromatic heterocycles. The summed E-state index contributed by atoms with van der Waals surface area (Å²) in [7, 11) is 0. The molecule has 0 spiro atoms. The van der Waals surface area contributed by atoms with Crippen molar-refractivity contribution in [3.05, 3.63) is 63.5 Å². The molecule has 0 saturated carbocycles. The topological polar surface area (TPSA) is 58.4 Å².